The van der Waals surface area contributed by atoms with Crippen molar-refractivity contribution in [2.45, 2.75) is 38.5 Å². The number of carbonyl (C=O) groups excluding carboxylic acids is 1. The summed E-state index contributed by atoms with van der Waals surface area (Å²) >= 11 is 7.69. The summed E-state index contributed by atoms with van der Waals surface area (Å²) in [7, 11) is 0. The fourth-order valence-electron chi connectivity index (χ4n) is 6.20. The largest absolute Gasteiger partial charge is 0.365 e. The third-order valence-electron chi connectivity index (χ3n) is 8.28. The number of thiazole rings is 1. The Morgan fingerprint density at radius 1 is 1.03 bits per heavy atom. The number of hydrogen-bond acceptors (Lipinski definition) is 4. The molecule has 7 rings (SSSR count). The molecule has 0 aliphatic carbocycles. The van der Waals surface area contributed by atoms with E-state index in [4.69, 9.17) is 21.3 Å². The highest BCUT2D eigenvalue weighted by molar-refractivity contribution is 7.13. The van der Waals surface area contributed by atoms with Crippen LogP contribution in [0.4, 0.5) is 0 Å². The minimum absolute atomic E-state index is 0.101. The van der Waals surface area contributed by atoms with Gasteiger partial charge >= 0.3 is 0 Å². The predicted octanol–water partition coefficient (Wildman–Crippen LogP) is 7.44. The van der Waals surface area contributed by atoms with E-state index in [0.29, 0.717) is 31.3 Å². The van der Waals surface area contributed by atoms with Crippen molar-refractivity contribution in [3.05, 3.63) is 111 Å². The molecule has 2 aliphatic heterocycles. The molecule has 5 aromatic rings. The number of likely N-dealkylation sites (tertiary alicyclic amines) is 1. The predicted molar refractivity (Wildman–Crippen MR) is 156 cm³/mol. The molecule has 2 aromatic heterocycles. The van der Waals surface area contributed by atoms with E-state index in [1.165, 1.54) is 11.1 Å². The van der Waals surface area contributed by atoms with Crippen molar-refractivity contribution in [2.75, 3.05) is 13.1 Å². The van der Waals surface area contributed by atoms with Crippen LogP contribution in [0.25, 0.3) is 21.5 Å². The lowest BCUT2D eigenvalue weighted by molar-refractivity contribution is -0.0741. The Morgan fingerprint density at radius 2 is 1.77 bits per heavy atom. The maximum atomic E-state index is 14.0. The van der Waals surface area contributed by atoms with Crippen molar-refractivity contribution in [3.63, 3.8) is 0 Å². The Balaban J connectivity index is 1.16. The standard InChI is InChI=1S/C32H28ClN3O2S/c1-21-29(31(37)35-16-14-32(15-17-35)27-8-4-2-6-23(27)19-38-32)26-7-3-5-9-28(26)36(21)18-25-20-39-30(34-25)22-10-12-24(33)13-11-22/h2-13,20H,14-19H2,1H3. The number of aromatic nitrogens is 2. The van der Waals surface area contributed by atoms with E-state index in [1.54, 1.807) is 11.3 Å². The second kappa shape index (κ2) is 9.63. The quantitative estimate of drug-likeness (QED) is 0.232. The van der Waals surface area contributed by atoms with E-state index in [2.05, 4.69) is 53.3 Å². The Labute approximate surface area is 236 Å². The molecule has 3 aromatic carbocycles. The van der Waals surface area contributed by atoms with Gasteiger partial charge in [0.05, 0.1) is 30.0 Å². The summed E-state index contributed by atoms with van der Waals surface area (Å²) in [6.07, 6.45) is 1.64. The maximum Gasteiger partial charge on any atom is 0.256 e. The molecule has 0 unspecified atom stereocenters. The maximum absolute atomic E-state index is 14.0. The van der Waals surface area contributed by atoms with Crippen LogP contribution in [-0.2, 0) is 23.5 Å². The number of fused-ring (bicyclic) bond motifs is 3. The number of ether oxygens (including phenoxy) is 1. The average molecular weight is 554 g/mol. The first-order chi connectivity index (χ1) is 19.0. The minimum Gasteiger partial charge on any atom is -0.365 e. The van der Waals surface area contributed by atoms with Gasteiger partial charge in [-0.1, -0.05) is 66.2 Å². The molecule has 1 fully saturated rings. The highest BCUT2D eigenvalue weighted by Gasteiger charge is 2.43. The molecule has 39 heavy (non-hydrogen) atoms. The van der Waals surface area contributed by atoms with Gasteiger partial charge in [-0.25, -0.2) is 4.98 Å². The number of nitrogens with zero attached hydrogens (tertiary/aromatic N) is 3. The van der Waals surface area contributed by atoms with E-state index >= 15 is 0 Å². The molecule has 1 spiro atoms. The molecular formula is C32H28ClN3O2S. The summed E-state index contributed by atoms with van der Waals surface area (Å²) in [5, 5.41) is 4.77. The molecule has 1 saturated heterocycles. The van der Waals surface area contributed by atoms with Crippen LogP contribution in [0.3, 0.4) is 0 Å². The second-order valence-electron chi connectivity index (χ2n) is 10.4. The molecule has 0 saturated carbocycles. The number of rotatable bonds is 4. The van der Waals surface area contributed by atoms with E-state index in [1.807, 2.05) is 41.3 Å². The molecule has 0 N–H and O–H groups in total. The zero-order valence-corrected chi connectivity index (χ0v) is 23.3. The highest BCUT2D eigenvalue weighted by Crippen LogP contribution is 2.44. The fourth-order valence-corrected chi connectivity index (χ4v) is 7.14. The van der Waals surface area contributed by atoms with Crippen LogP contribution < -0.4 is 0 Å². The van der Waals surface area contributed by atoms with Crippen LogP contribution in [0, 0.1) is 6.92 Å². The van der Waals surface area contributed by atoms with Crippen LogP contribution in [0.15, 0.2) is 78.2 Å². The third kappa shape index (κ3) is 4.18. The zero-order chi connectivity index (χ0) is 26.6. The summed E-state index contributed by atoms with van der Waals surface area (Å²) in [5.41, 5.74) is 7.17. The van der Waals surface area contributed by atoms with E-state index in [0.717, 1.165) is 51.3 Å². The second-order valence-corrected chi connectivity index (χ2v) is 11.7. The number of amides is 1. The van der Waals surface area contributed by atoms with Gasteiger partial charge in [0.1, 0.15) is 5.01 Å². The third-order valence-corrected chi connectivity index (χ3v) is 9.47. The minimum atomic E-state index is -0.261. The number of piperidine rings is 1. The normalized spacial score (nSPS) is 16.2. The first-order valence-electron chi connectivity index (χ1n) is 13.3. The van der Waals surface area contributed by atoms with Crippen LogP contribution in [0.1, 0.15) is 45.7 Å². The van der Waals surface area contributed by atoms with E-state index < -0.39 is 0 Å². The zero-order valence-electron chi connectivity index (χ0n) is 21.7. The van der Waals surface area contributed by atoms with Crippen LogP contribution in [-0.4, -0.2) is 33.4 Å². The molecule has 4 heterocycles. The monoisotopic (exact) mass is 553 g/mol. The molecule has 1 amide bonds. The van der Waals surface area contributed by atoms with Crippen molar-refractivity contribution in [1.29, 1.82) is 0 Å². The van der Waals surface area contributed by atoms with Gasteiger partial charge in [-0.15, -0.1) is 11.3 Å². The lowest BCUT2D eigenvalue weighted by Gasteiger charge is -2.39. The molecule has 5 nitrogen and oxygen atoms in total. The first-order valence-corrected chi connectivity index (χ1v) is 14.6. The van der Waals surface area contributed by atoms with Gasteiger partial charge < -0.3 is 14.2 Å². The van der Waals surface area contributed by atoms with Crippen molar-refractivity contribution in [2.24, 2.45) is 0 Å². The highest BCUT2D eigenvalue weighted by atomic mass is 35.5. The molecule has 0 bridgehead atoms. The van der Waals surface area contributed by atoms with Gasteiger partial charge in [-0.3, -0.25) is 4.79 Å². The molecule has 2 aliphatic rings. The van der Waals surface area contributed by atoms with Crippen LogP contribution in [0.5, 0.6) is 0 Å². The van der Waals surface area contributed by atoms with E-state index in [9.17, 15) is 4.79 Å². The Bertz CT molecular complexity index is 1700. The number of halogens is 1. The molecule has 0 radical (unpaired) electrons. The number of para-hydroxylation sites is 1. The number of hydrogen-bond donors (Lipinski definition) is 0. The van der Waals surface area contributed by atoms with Crippen molar-refractivity contribution in [1.82, 2.24) is 14.5 Å². The van der Waals surface area contributed by atoms with Gasteiger partial charge in [0.25, 0.3) is 5.91 Å². The van der Waals surface area contributed by atoms with Crippen LogP contribution >= 0.6 is 22.9 Å². The summed E-state index contributed by atoms with van der Waals surface area (Å²) in [6, 6.07) is 24.5. The summed E-state index contributed by atoms with van der Waals surface area (Å²) < 4.78 is 8.56. The summed E-state index contributed by atoms with van der Waals surface area (Å²) in [4.78, 5) is 20.9. The topological polar surface area (TPSA) is 47.4 Å². The van der Waals surface area contributed by atoms with Crippen molar-refractivity contribution in [3.8, 4) is 10.6 Å². The number of benzene rings is 3. The fraction of sp³-hybridized carbons (Fsp3) is 0.250. The molecule has 196 valence electrons. The molecule has 7 heteroatoms. The lowest BCUT2D eigenvalue weighted by atomic mass is 9.83. The van der Waals surface area contributed by atoms with Crippen molar-refractivity contribution >= 4 is 39.7 Å². The van der Waals surface area contributed by atoms with Crippen molar-refractivity contribution < 1.29 is 9.53 Å². The van der Waals surface area contributed by atoms with Gasteiger partial charge in [-0.05, 0) is 49.1 Å². The van der Waals surface area contributed by atoms with E-state index in [-0.39, 0.29) is 11.5 Å². The Morgan fingerprint density at radius 3 is 2.59 bits per heavy atom. The Kier molecular flexibility index (Phi) is 6.07. The summed E-state index contributed by atoms with van der Waals surface area (Å²) in [6.45, 7) is 4.69. The average Bonchev–Trinajstić information content (AvgIpc) is 3.65. The van der Waals surface area contributed by atoms with Gasteiger partial charge in [0.2, 0.25) is 0 Å². The van der Waals surface area contributed by atoms with Gasteiger partial charge in [0, 0.05) is 45.7 Å². The van der Waals surface area contributed by atoms with Gasteiger partial charge in [0.15, 0.2) is 0 Å². The number of carbonyl (C=O) groups is 1. The summed E-state index contributed by atoms with van der Waals surface area (Å²) in [5.74, 6) is 0.101. The molecule has 0 atom stereocenters. The SMILES string of the molecule is Cc1c(C(=O)N2CCC3(CC2)OCc2ccccc23)c2ccccc2n1Cc1csc(-c2ccc(Cl)cc2)n1. The van der Waals surface area contributed by atoms with Gasteiger partial charge in [-0.2, -0.15) is 0 Å². The first kappa shape index (κ1) is 24.6. The molecular weight excluding hydrogens is 526 g/mol. The smallest absolute Gasteiger partial charge is 0.256 e. The Hall–Kier alpha value is -3.45. The van der Waals surface area contributed by atoms with Crippen LogP contribution in [0.2, 0.25) is 5.02 Å². The lowest BCUT2D eigenvalue weighted by Crippen LogP contribution is -2.45.